The Hall–Kier alpha value is -4.70. The second kappa shape index (κ2) is 7.42. The quantitative estimate of drug-likeness (QED) is 0.286. The molecule has 0 radical (unpaired) electrons. The predicted molar refractivity (Wildman–Crippen MR) is 140 cm³/mol. The van der Waals surface area contributed by atoms with E-state index in [1.54, 1.807) is 0 Å². The summed E-state index contributed by atoms with van der Waals surface area (Å²) in [4.78, 5) is 8.51. The Labute approximate surface area is 196 Å². The van der Waals surface area contributed by atoms with E-state index in [-0.39, 0.29) is 0 Å². The maximum absolute atomic E-state index is 4.26. The molecule has 0 fully saturated rings. The van der Waals surface area contributed by atoms with E-state index in [1.165, 1.54) is 21.5 Å². The van der Waals surface area contributed by atoms with Crippen LogP contribution in [0.25, 0.3) is 55.0 Å². The molecule has 0 unspecified atom stereocenters. The summed E-state index contributed by atoms with van der Waals surface area (Å²) >= 11 is 0. The molecular formula is C30H20N4. The molecule has 7 aromatic rings. The zero-order valence-corrected chi connectivity index (χ0v) is 18.3. The van der Waals surface area contributed by atoms with Gasteiger partial charge in [-0.05, 0) is 71.4 Å². The highest BCUT2D eigenvalue weighted by Gasteiger charge is 2.10. The predicted octanol–water partition coefficient (Wildman–Crippen LogP) is 7.23. The topological polar surface area (TPSA) is 35.6 Å². The average Bonchev–Trinajstić information content (AvgIpc) is 2.90. The Morgan fingerprint density at radius 2 is 0.882 bits per heavy atom. The lowest BCUT2D eigenvalue weighted by Crippen LogP contribution is -2.01. The van der Waals surface area contributed by atoms with Gasteiger partial charge in [-0.15, -0.1) is 0 Å². The van der Waals surface area contributed by atoms with Crippen molar-refractivity contribution < 1.29 is 0 Å². The molecule has 4 nitrogen and oxygen atoms in total. The average molecular weight is 437 g/mol. The SMILES string of the molecule is c1cc2ccc3cc2c(c1)n(-c1ccncc1)c1ccc2cccc(c2c1)n3-c1ccncc1. The Bertz CT molecular complexity index is 1710. The van der Waals surface area contributed by atoms with E-state index in [9.17, 15) is 0 Å². The van der Waals surface area contributed by atoms with Crippen molar-refractivity contribution in [3.63, 3.8) is 0 Å². The van der Waals surface area contributed by atoms with Gasteiger partial charge in [-0.3, -0.25) is 9.97 Å². The number of pyridine rings is 2. The van der Waals surface area contributed by atoms with Crippen molar-refractivity contribution >= 4 is 43.6 Å². The number of fused-ring (bicyclic) bond motifs is 2. The van der Waals surface area contributed by atoms with Crippen molar-refractivity contribution in [1.29, 1.82) is 0 Å². The molecule has 0 aliphatic carbocycles. The molecule has 160 valence electrons. The van der Waals surface area contributed by atoms with E-state index in [0.717, 1.165) is 33.4 Å². The van der Waals surface area contributed by atoms with Gasteiger partial charge in [0.15, 0.2) is 0 Å². The maximum atomic E-state index is 4.26. The van der Waals surface area contributed by atoms with Gasteiger partial charge in [-0.2, -0.15) is 0 Å². The van der Waals surface area contributed by atoms with Crippen LogP contribution in [0.2, 0.25) is 0 Å². The molecular weight excluding hydrogens is 416 g/mol. The molecule has 0 atom stereocenters. The minimum absolute atomic E-state index is 1.08. The molecule has 0 amide bonds. The van der Waals surface area contributed by atoms with Crippen molar-refractivity contribution in [2.75, 3.05) is 0 Å². The first kappa shape index (κ1) is 18.8. The third-order valence-corrected chi connectivity index (χ3v) is 6.53. The summed E-state index contributed by atoms with van der Waals surface area (Å²) in [6.07, 6.45) is 7.40. The van der Waals surface area contributed by atoms with Gasteiger partial charge in [0, 0.05) is 58.0 Å². The van der Waals surface area contributed by atoms with Crippen LogP contribution in [-0.4, -0.2) is 19.1 Å². The van der Waals surface area contributed by atoms with Crippen molar-refractivity contribution in [1.82, 2.24) is 19.1 Å². The fraction of sp³-hybridized carbons (Fsp3) is 0. The van der Waals surface area contributed by atoms with Gasteiger partial charge in [0.05, 0.1) is 11.0 Å². The first-order valence-corrected chi connectivity index (χ1v) is 11.3. The van der Waals surface area contributed by atoms with Gasteiger partial charge in [0.1, 0.15) is 0 Å². The van der Waals surface area contributed by atoms with Gasteiger partial charge < -0.3 is 9.13 Å². The number of aromatic nitrogens is 4. The van der Waals surface area contributed by atoms with E-state index in [2.05, 4.69) is 116 Å². The lowest BCUT2D eigenvalue weighted by molar-refractivity contribution is 1.13. The van der Waals surface area contributed by atoms with Crippen molar-refractivity contribution in [2.45, 2.75) is 0 Å². The lowest BCUT2D eigenvalue weighted by atomic mass is 10.1. The van der Waals surface area contributed by atoms with Crippen LogP contribution in [-0.2, 0) is 0 Å². The third kappa shape index (κ3) is 2.86. The Balaban J connectivity index is 1.81. The fourth-order valence-corrected chi connectivity index (χ4v) is 5.00. The zero-order valence-electron chi connectivity index (χ0n) is 18.3. The summed E-state index contributed by atoms with van der Waals surface area (Å²) in [5, 5.41) is 4.78. The van der Waals surface area contributed by atoms with Gasteiger partial charge in [0.25, 0.3) is 0 Å². The summed E-state index contributed by atoms with van der Waals surface area (Å²) in [6, 6.07) is 34.7. The van der Waals surface area contributed by atoms with Crippen LogP contribution in [0, 0.1) is 0 Å². The van der Waals surface area contributed by atoms with Crippen LogP contribution >= 0.6 is 0 Å². The van der Waals surface area contributed by atoms with Gasteiger partial charge in [-0.1, -0.05) is 36.4 Å². The highest BCUT2D eigenvalue weighted by molar-refractivity contribution is 6.04. The standard InChI is InChI=1S/C30H20N4/c1-3-21-7-9-26-19-27(21)29(5-1)33(23-11-15-31-16-12-23)25-10-8-22-4-2-6-30(28(22)20-25)34(26)24-13-17-32-18-14-24/h1-20H. The largest absolute Gasteiger partial charge is 0.310 e. The zero-order chi connectivity index (χ0) is 22.5. The molecule has 34 heavy (non-hydrogen) atoms. The van der Waals surface area contributed by atoms with Crippen LogP contribution < -0.4 is 0 Å². The lowest BCUT2D eigenvalue weighted by Gasteiger charge is -2.18. The molecule has 0 aliphatic rings. The first-order valence-electron chi connectivity index (χ1n) is 11.3. The molecule has 0 spiro atoms. The summed E-state index contributed by atoms with van der Waals surface area (Å²) in [7, 11) is 0. The van der Waals surface area contributed by atoms with E-state index >= 15 is 0 Å². The number of hydrogen-bond donors (Lipinski definition) is 0. The van der Waals surface area contributed by atoms with Gasteiger partial charge >= 0.3 is 0 Å². The van der Waals surface area contributed by atoms with E-state index in [1.807, 2.05) is 24.8 Å². The van der Waals surface area contributed by atoms with E-state index < -0.39 is 0 Å². The third-order valence-electron chi connectivity index (χ3n) is 6.53. The molecule has 0 saturated carbocycles. The minimum Gasteiger partial charge on any atom is -0.310 e. The molecule has 4 aromatic carbocycles. The monoisotopic (exact) mass is 436 g/mol. The van der Waals surface area contributed by atoms with Crippen molar-refractivity contribution in [2.24, 2.45) is 0 Å². The molecule has 4 bridgehead atoms. The van der Waals surface area contributed by atoms with Crippen LogP contribution in [0.3, 0.4) is 0 Å². The fourth-order valence-electron chi connectivity index (χ4n) is 5.00. The highest BCUT2D eigenvalue weighted by Crippen LogP contribution is 2.31. The number of benzene rings is 4. The Kier molecular flexibility index (Phi) is 4.11. The first-order chi connectivity index (χ1) is 16.9. The summed E-state index contributed by atoms with van der Waals surface area (Å²) < 4.78 is 4.65. The Morgan fingerprint density at radius 3 is 1.32 bits per heavy atom. The van der Waals surface area contributed by atoms with Gasteiger partial charge in [0.2, 0.25) is 0 Å². The van der Waals surface area contributed by atoms with Crippen molar-refractivity contribution in [3.8, 4) is 11.4 Å². The Morgan fingerprint density at radius 1 is 0.441 bits per heavy atom. The van der Waals surface area contributed by atoms with E-state index in [4.69, 9.17) is 0 Å². The second-order valence-corrected chi connectivity index (χ2v) is 8.45. The van der Waals surface area contributed by atoms with Crippen LogP contribution in [0.4, 0.5) is 0 Å². The molecule has 3 heterocycles. The number of rotatable bonds is 2. The maximum Gasteiger partial charge on any atom is 0.0540 e. The molecule has 3 aromatic heterocycles. The second-order valence-electron chi connectivity index (χ2n) is 8.45. The normalized spacial score (nSPS) is 11.5. The summed E-state index contributed by atoms with van der Waals surface area (Å²) in [5.41, 5.74) is 6.66. The van der Waals surface area contributed by atoms with Crippen molar-refractivity contribution in [3.05, 3.63) is 122 Å². The minimum atomic E-state index is 1.08. The van der Waals surface area contributed by atoms with Gasteiger partial charge in [-0.25, -0.2) is 0 Å². The molecule has 7 rings (SSSR count). The van der Waals surface area contributed by atoms with E-state index in [0.29, 0.717) is 0 Å². The van der Waals surface area contributed by atoms with Crippen LogP contribution in [0.5, 0.6) is 0 Å². The number of hydrogen-bond acceptors (Lipinski definition) is 2. The number of nitrogens with zero attached hydrogens (tertiary/aromatic N) is 4. The molecule has 4 heteroatoms. The molecule has 0 aliphatic heterocycles. The summed E-state index contributed by atoms with van der Waals surface area (Å²) in [6.45, 7) is 0. The molecule has 0 N–H and O–H groups in total. The smallest absolute Gasteiger partial charge is 0.0540 e. The molecule has 0 saturated heterocycles. The highest BCUT2D eigenvalue weighted by atomic mass is 15.0. The van der Waals surface area contributed by atoms with Crippen LogP contribution in [0.15, 0.2) is 122 Å². The summed E-state index contributed by atoms with van der Waals surface area (Å²) in [5.74, 6) is 0. The van der Waals surface area contributed by atoms with Crippen LogP contribution in [0.1, 0.15) is 0 Å².